The molecule has 0 unspecified atom stereocenters. The summed E-state index contributed by atoms with van der Waals surface area (Å²) in [5.41, 5.74) is 1.00. The number of benzene rings is 1. The summed E-state index contributed by atoms with van der Waals surface area (Å²) >= 11 is 0. The highest BCUT2D eigenvalue weighted by Gasteiger charge is 2.03. The van der Waals surface area contributed by atoms with Gasteiger partial charge in [-0.1, -0.05) is 36.8 Å². The summed E-state index contributed by atoms with van der Waals surface area (Å²) in [6, 6.07) is 9.64. The largest absolute Gasteiger partial charge is 0.461 e. The Bertz CT molecular complexity index is 390. The molecule has 4 nitrogen and oxygen atoms in total. The second-order valence-corrected chi connectivity index (χ2v) is 4.44. The maximum Gasteiger partial charge on any atom is 0.306 e. The maximum absolute atomic E-state index is 11.5. The van der Waals surface area contributed by atoms with Gasteiger partial charge in [-0.2, -0.15) is 0 Å². The van der Waals surface area contributed by atoms with Gasteiger partial charge in [0.05, 0.1) is 0 Å². The second-order valence-electron chi connectivity index (χ2n) is 4.44. The van der Waals surface area contributed by atoms with Gasteiger partial charge in [-0.15, -0.1) is 0 Å². The lowest BCUT2D eigenvalue weighted by Crippen LogP contribution is -2.20. The minimum Gasteiger partial charge on any atom is -0.461 e. The first kappa shape index (κ1) is 15.2. The van der Waals surface area contributed by atoms with E-state index in [-0.39, 0.29) is 11.9 Å². The van der Waals surface area contributed by atoms with Crippen molar-refractivity contribution in [3.8, 4) is 0 Å². The van der Waals surface area contributed by atoms with Crippen LogP contribution in [0.1, 0.15) is 38.2 Å². The van der Waals surface area contributed by atoms with Gasteiger partial charge in [0.25, 0.3) is 0 Å². The fourth-order valence-corrected chi connectivity index (χ4v) is 1.65. The van der Waals surface area contributed by atoms with Gasteiger partial charge in [0.2, 0.25) is 5.91 Å². The Hall–Kier alpha value is -1.84. The second kappa shape index (κ2) is 9.14. The quantitative estimate of drug-likeness (QED) is 0.579. The van der Waals surface area contributed by atoms with Crippen molar-refractivity contribution >= 4 is 11.9 Å². The molecule has 0 aromatic heterocycles. The Morgan fingerprint density at radius 2 is 1.84 bits per heavy atom. The minimum atomic E-state index is -0.164. The van der Waals surface area contributed by atoms with Crippen molar-refractivity contribution in [3.05, 3.63) is 35.9 Å². The third-order valence-electron chi connectivity index (χ3n) is 2.67. The minimum absolute atomic E-state index is 0.0118. The third kappa shape index (κ3) is 7.97. The van der Waals surface area contributed by atoms with Crippen molar-refractivity contribution in [2.45, 2.75) is 39.2 Å². The molecular formula is C15H21NO3. The van der Waals surface area contributed by atoms with Crippen LogP contribution in [0.4, 0.5) is 0 Å². The lowest BCUT2D eigenvalue weighted by atomic mass is 10.2. The van der Waals surface area contributed by atoms with E-state index >= 15 is 0 Å². The van der Waals surface area contributed by atoms with Crippen molar-refractivity contribution < 1.29 is 14.3 Å². The molecule has 1 aromatic rings. The molecule has 0 saturated heterocycles. The van der Waals surface area contributed by atoms with Crippen LogP contribution in [-0.4, -0.2) is 18.4 Å². The number of rotatable bonds is 8. The van der Waals surface area contributed by atoms with Crippen LogP contribution in [-0.2, 0) is 20.9 Å². The van der Waals surface area contributed by atoms with Gasteiger partial charge in [0, 0.05) is 19.9 Å². The van der Waals surface area contributed by atoms with Crippen LogP contribution in [0.25, 0.3) is 0 Å². The highest BCUT2D eigenvalue weighted by atomic mass is 16.5. The number of carbonyl (C=O) groups excluding carboxylic acids is 2. The number of hydrogen-bond donors (Lipinski definition) is 1. The molecule has 0 saturated carbocycles. The van der Waals surface area contributed by atoms with E-state index in [1.54, 1.807) is 0 Å². The number of nitrogens with one attached hydrogen (secondary N) is 1. The van der Waals surface area contributed by atoms with Gasteiger partial charge in [-0.3, -0.25) is 9.59 Å². The molecule has 1 amide bonds. The molecule has 0 aliphatic rings. The summed E-state index contributed by atoms with van der Waals surface area (Å²) in [7, 11) is 0. The van der Waals surface area contributed by atoms with Crippen LogP contribution < -0.4 is 5.32 Å². The normalized spacial score (nSPS) is 9.95. The van der Waals surface area contributed by atoms with Crippen LogP contribution >= 0.6 is 0 Å². The van der Waals surface area contributed by atoms with Gasteiger partial charge in [-0.05, 0) is 18.4 Å². The molecule has 1 aromatic carbocycles. The molecule has 0 fully saturated rings. The Morgan fingerprint density at radius 1 is 1.11 bits per heavy atom. The number of carbonyl (C=O) groups is 2. The monoisotopic (exact) mass is 263 g/mol. The average molecular weight is 263 g/mol. The lowest BCUT2D eigenvalue weighted by Gasteiger charge is -2.05. The Morgan fingerprint density at radius 3 is 2.53 bits per heavy atom. The summed E-state index contributed by atoms with van der Waals surface area (Å²) in [6.07, 6.45) is 3.05. The standard InChI is InChI=1S/C15H21NO3/c1-13(17)16-11-7-3-6-10-15(18)19-12-14-8-4-2-5-9-14/h2,4-5,8-9H,3,6-7,10-12H2,1H3,(H,16,17). The van der Waals surface area contributed by atoms with Crippen LogP contribution in [0.2, 0.25) is 0 Å². The van der Waals surface area contributed by atoms with E-state index in [9.17, 15) is 9.59 Å². The summed E-state index contributed by atoms with van der Waals surface area (Å²) in [4.78, 5) is 22.1. The number of amides is 1. The Balaban J connectivity index is 2.01. The van der Waals surface area contributed by atoms with E-state index in [1.807, 2.05) is 30.3 Å². The number of esters is 1. The van der Waals surface area contributed by atoms with Crippen molar-refractivity contribution in [2.75, 3.05) is 6.54 Å². The molecule has 0 spiro atoms. The molecule has 0 atom stereocenters. The van der Waals surface area contributed by atoms with Gasteiger partial charge in [0.15, 0.2) is 0 Å². The SMILES string of the molecule is CC(=O)NCCCCCC(=O)OCc1ccccc1. The molecule has 1 N–H and O–H groups in total. The predicted molar refractivity (Wildman–Crippen MR) is 73.4 cm³/mol. The zero-order valence-corrected chi connectivity index (χ0v) is 11.4. The van der Waals surface area contributed by atoms with Crippen molar-refractivity contribution in [1.29, 1.82) is 0 Å². The highest BCUT2D eigenvalue weighted by Crippen LogP contribution is 2.04. The van der Waals surface area contributed by atoms with E-state index in [4.69, 9.17) is 4.74 Å². The molecule has 0 aliphatic heterocycles. The zero-order valence-electron chi connectivity index (χ0n) is 11.4. The molecule has 0 aliphatic carbocycles. The highest BCUT2D eigenvalue weighted by molar-refractivity contribution is 5.72. The molecular weight excluding hydrogens is 242 g/mol. The van der Waals surface area contributed by atoms with Crippen molar-refractivity contribution in [2.24, 2.45) is 0 Å². The fraction of sp³-hybridized carbons (Fsp3) is 0.467. The van der Waals surface area contributed by atoms with Crippen molar-refractivity contribution in [3.63, 3.8) is 0 Å². The Labute approximate surface area is 114 Å². The topological polar surface area (TPSA) is 55.4 Å². The third-order valence-corrected chi connectivity index (χ3v) is 2.67. The predicted octanol–water partition coefficient (Wildman–Crippen LogP) is 2.43. The molecule has 0 radical (unpaired) electrons. The molecule has 104 valence electrons. The fourth-order valence-electron chi connectivity index (χ4n) is 1.65. The van der Waals surface area contributed by atoms with Gasteiger partial charge in [-0.25, -0.2) is 0 Å². The molecule has 4 heteroatoms. The lowest BCUT2D eigenvalue weighted by molar-refractivity contribution is -0.145. The summed E-state index contributed by atoms with van der Waals surface area (Å²) in [5, 5.41) is 2.73. The van der Waals surface area contributed by atoms with Gasteiger partial charge in [0.1, 0.15) is 6.61 Å². The molecule has 0 heterocycles. The van der Waals surface area contributed by atoms with Crippen molar-refractivity contribution in [1.82, 2.24) is 5.32 Å². The molecule has 1 rings (SSSR count). The van der Waals surface area contributed by atoms with E-state index in [0.29, 0.717) is 19.6 Å². The average Bonchev–Trinajstić information content (AvgIpc) is 2.41. The van der Waals surface area contributed by atoms with Crippen LogP contribution in [0.15, 0.2) is 30.3 Å². The van der Waals surface area contributed by atoms with Gasteiger partial charge >= 0.3 is 5.97 Å². The summed E-state index contributed by atoms with van der Waals surface area (Å²) in [5.74, 6) is -0.175. The number of unbranched alkanes of at least 4 members (excludes halogenated alkanes) is 2. The Kier molecular flexibility index (Phi) is 7.32. The first-order chi connectivity index (χ1) is 9.18. The summed E-state index contributed by atoms with van der Waals surface area (Å²) in [6.45, 7) is 2.51. The van der Waals surface area contributed by atoms with Crippen LogP contribution in [0.3, 0.4) is 0 Å². The smallest absolute Gasteiger partial charge is 0.306 e. The number of hydrogen-bond acceptors (Lipinski definition) is 3. The van der Waals surface area contributed by atoms with E-state index in [2.05, 4.69) is 5.32 Å². The van der Waals surface area contributed by atoms with E-state index < -0.39 is 0 Å². The van der Waals surface area contributed by atoms with E-state index in [1.165, 1.54) is 6.92 Å². The van der Waals surface area contributed by atoms with Crippen LogP contribution in [0, 0.1) is 0 Å². The zero-order chi connectivity index (χ0) is 13.9. The van der Waals surface area contributed by atoms with Gasteiger partial charge < -0.3 is 10.1 Å². The maximum atomic E-state index is 11.5. The van der Waals surface area contributed by atoms with Crippen LogP contribution in [0.5, 0.6) is 0 Å². The molecule has 19 heavy (non-hydrogen) atoms. The van der Waals surface area contributed by atoms with E-state index in [0.717, 1.165) is 24.8 Å². The first-order valence-corrected chi connectivity index (χ1v) is 6.62. The number of ether oxygens (including phenoxy) is 1. The summed E-state index contributed by atoms with van der Waals surface area (Å²) < 4.78 is 5.16. The first-order valence-electron chi connectivity index (χ1n) is 6.62. The molecule has 0 bridgehead atoms.